The first kappa shape index (κ1) is 22.7. The number of aryl methyl sites for hydroxylation is 2. The van der Waals surface area contributed by atoms with Crippen molar-refractivity contribution in [2.45, 2.75) is 64.7 Å². The van der Waals surface area contributed by atoms with Crippen LogP contribution in [0.5, 0.6) is 5.75 Å². The number of sulfonamides is 1. The molecule has 1 fully saturated rings. The lowest BCUT2D eigenvalue weighted by Crippen LogP contribution is -2.34. The van der Waals surface area contributed by atoms with E-state index in [1.807, 2.05) is 39.8 Å². The van der Waals surface area contributed by atoms with Crippen molar-refractivity contribution >= 4 is 15.7 Å². The zero-order valence-corrected chi connectivity index (χ0v) is 19.5. The molecule has 0 radical (unpaired) electrons. The van der Waals surface area contributed by atoms with Crippen LogP contribution in [0.25, 0.3) is 0 Å². The molecule has 0 heterocycles. The number of nitrogens with zero attached hydrogens (tertiary/aromatic N) is 1. The largest absolute Gasteiger partial charge is 0.493 e. The number of hydrogen-bond donors (Lipinski definition) is 0. The predicted octanol–water partition coefficient (Wildman–Crippen LogP) is 6.11. The fourth-order valence-corrected chi connectivity index (χ4v) is 5.78. The molecule has 1 saturated carbocycles. The van der Waals surface area contributed by atoms with Crippen LogP contribution in [0, 0.1) is 25.7 Å². The van der Waals surface area contributed by atoms with Crippen LogP contribution in [-0.4, -0.2) is 21.6 Å². The van der Waals surface area contributed by atoms with E-state index < -0.39 is 10.0 Å². The van der Waals surface area contributed by atoms with Crippen LogP contribution in [0.15, 0.2) is 47.4 Å². The third-order valence-electron chi connectivity index (χ3n) is 5.65. The molecule has 0 N–H and O–H groups in total. The molecule has 3 rings (SSSR count). The van der Waals surface area contributed by atoms with Gasteiger partial charge in [0.15, 0.2) is 0 Å². The standard InChI is InChI=1S/C25H35NO3S/c1-19(2)17-26(23-15-20(3)14-21(4)16-23)30(27,28)25-12-10-24(11-13-25)29-18-22-8-6-5-7-9-22/h10-16,19,22H,5-9,17-18H2,1-4H3. The van der Waals surface area contributed by atoms with Gasteiger partial charge in [-0.1, -0.05) is 39.2 Å². The molecule has 4 nitrogen and oxygen atoms in total. The number of rotatable bonds is 8. The third kappa shape index (κ3) is 5.78. The number of hydrogen-bond acceptors (Lipinski definition) is 3. The van der Waals surface area contributed by atoms with Crippen molar-refractivity contribution in [2.24, 2.45) is 11.8 Å². The Balaban J connectivity index is 1.80. The molecule has 0 aromatic heterocycles. The summed E-state index contributed by atoms with van der Waals surface area (Å²) in [6.45, 7) is 9.21. The zero-order valence-electron chi connectivity index (χ0n) is 18.7. The first-order chi connectivity index (χ1) is 14.3. The van der Waals surface area contributed by atoms with Gasteiger partial charge in [0.2, 0.25) is 0 Å². The van der Waals surface area contributed by atoms with Gasteiger partial charge in [-0.25, -0.2) is 8.42 Å². The maximum Gasteiger partial charge on any atom is 0.264 e. The molecule has 2 aromatic rings. The van der Waals surface area contributed by atoms with Crippen LogP contribution in [-0.2, 0) is 10.0 Å². The minimum Gasteiger partial charge on any atom is -0.493 e. The van der Waals surface area contributed by atoms with Gasteiger partial charge in [-0.2, -0.15) is 0 Å². The Hall–Kier alpha value is -2.01. The maximum absolute atomic E-state index is 13.5. The summed E-state index contributed by atoms with van der Waals surface area (Å²) in [6.07, 6.45) is 6.36. The van der Waals surface area contributed by atoms with E-state index in [1.54, 1.807) is 24.3 Å². The maximum atomic E-state index is 13.5. The highest BCUT2D eigenvalue weighted by atomic mass is 32.2. The summed E-state index contributed by atoms with van der Waals surface area (Å²) in [5.41, 5.74) is 2.83. The monoisotopic (exact) mass is 429 g/mol. The Morgan fingerprint density at radius 3 is 2.13 bits per heavy atom. The Morgan fingerprint density at radius 2 is 1.57 bits per heavy atom. The highest BCUT2D eigenvalue weighted by Crippen LogP contribution is 2.29. The molecule has 0 bridgehead atoms. The molecule has 0 aliphatic heterocycles. The van der Waals surface area contributed by atoms with E-state index in [0.717, 1.165) is 22.6 Å². The molecule has 0 unspecified atom stereocenters. The molecular formula is C25H35NO3S. The summed E-state index contributed by atoms with van der Waals surface area (Å²) in [7, 11) is -3.66. The smallest absolute Gasteiger partial charge is 0.264 e. The first-order valence-corrected chi connectivity index (χ1v) is 12.5. The van der Waals surface area contributed by atoms with Crippen LogP contribution >= 0.6 is 0 Å². The van der Waals surface area contributed by atoms with Gasteiger partial charge in [0.05, 0.1) is 17.2 Å². The van der Waals surface area contributed by atoms with Gasteiger partial charge >= 0.3 is 0 Å². The van der Waals surface area contributed by atoms with Gasteiger partial charge in [-0.05, 0) is 86.1 Å². The SMILES string of the molecule is Cc1cc(C)cc(N(CC(C)C)S(=O)(=O)c2ccc(OCC3CCCCC3)cc2)c1. The van der Waals surface area contributed by atoms with Gasteiger partial charge in [-0.3, -0.25) is 4.31 Å². The van der Waals surface area contributed by atoms with E-state index in [-0.39, 0.29) is 5.92 Å². The van der Waals surface area contributed by atoms with E-state index in [0.29, 0.717) is 24.0 Å². The van der Waals surface area contributed by atoms with Crippen molar-refractivity contribution in [3.63, 3.8) is 0 Å². The minimum absolute atomic E-state index is 0.207. The van der Waals surface area contributed by atoms with Crippen molar-refractivity contribution < 1.29 is 13.2 Å². The molecule has 0 spiro atoms. The Labute approximate surface area is 182 Å². The topological polar surface area (TPSA) is 46.6 Å². The normalized spacial score (nSPS) is 15.4. The molecule has 1 aliphatic rings. The van der Waals surface area contributed by atoms with Crippen molar-refractivity contribution in [1.29, 1.82) is 0 Å². The lowest BCUT2D eigenvalue weighted by atomic mass is 9.90. The van der Waals surface area contributed by atoms with Crippen molar-refractivity contribution in [3.8, 4) is 5.75 Å². The second-order valence-electron chi connectivity index (χ2n) is 9.06. The Bertz CT molecular complexity index is 909. The van der Waals surface area contributed by atoms with Crippen molar-refractivity contribution in [2.75, 3.05) is 17.5 Å². The van der Waals surface area contributed by atoms with E-state index in [1.165, 1.54) is 36.4 Å². The van der Waals surface area contributed by atoms with Gasteiger partial charge in [0.1, 0.15) is 5.75 Å². The summed E-state index contributed by atoms with van der Waals surface area (Å²) >= 11 is 0. The second kappa shape index (κ2) is 9.86. The van der Waals surface area contributed by atoms with Crippen LogP contribution in [0.2, 0.25) is 0 Å². The van der Waals surface area contributed by atoms with Crippen LogP contribution < -0.4 is 9.04 Å². The summed E-state index contributed by atoms with van der Waals surface area (Å²) in [5, 5.41) is 0. The first-order valence-electron chi connectivity index (χ1n) is 11.1. The molecule has 0 atom stereocenters. The molecule has 30 heavy (non-hydrogen) atoms. The quantitative estimate of drug-likeness (QED) is 0.508. The number of anilines is 1. The summed E-state index contributed by atoms with van der Waals surface area (Å²) < 4.78 is 34.5. The lowest BCUT2D eigenvalue weighted by Gasteiger charge is -2.27. The Kier molecular flexibility index (Phi) is 7.45. The highest BCUT2D eigenvalue weighted by molar-refractivity contribution is 7.92. The van der Waals surface area contributed by atoms with Crippen LogP contribution in [0.1, 0.15) is 57.1 Å². The average Bonchev–Trinajstić information content (AvgIpc) is 2.70. The molecule has 2 aromatic carbocycles. The highest BCUT2D eigenvalue weighted by Gasteiger charge is 2.26. The van der Waals surface area contributed by atoms with Gasteiger partial charge < -0.3 is 4.74 Å². The van der Waals surface area contributed by atoms with E-state index in [4.69, 9.17) is 4.74 Å². The van der Waals surface area contributed by atoms with Crippen molar-refractivity contribution in [3.05, 3.63) is 53.6 Å². The fourth-order valence-electron chi connectivity index (χ4n) is 4.17. The van der Waals surface area contributed by atoms with Crippen molar-refractivity contribution in [1.82, 2.24) is 0 Å². The molecular weight excluding hydrogens is 394 g/mol. The van der Waals surface area contributed by atoms with E-state index >= 15 is 0 Å². The molecule has 0 saturated heterocycles. The minimum atomic E-state index is -3.66. The van der Waals surface area contributed by atoms with Gasteiger partial charge in [-0.15, -0.1) is 0 Å². The molecule has 5 heteroatoms. The van der Waals surface area contributed by atoms with Gasteiger partial charge in [0.25, 0.3) is 10.0 Å². The van der Waals surface area contributed by atoms with Crippen LogP contribution in [0.4, 0.5) is 5.69 Å². The fraction of sp³-hybridized carbons (Fsp3) is 0.520. The van der Waals surface area contributed by atoms with Gasteiger partial charge in [0, 0.05) is 6.54 Å². The Morgan fingerprint density at radius 1 is 0.967 bits per heavy atom. The van der Waals surface area contributed by atoms with E-state index in [2.05, 4.69) is 6.07 Å². The summed E-state index contributed by atoms with van der Waals surface area (Å²) in [5.74, 6) is 1.56. The molecule has 164 valence electrons. The molecule has 1 aliphatic carbocycles. The van der Waals surface area contributed by atoms with E-state index in [9.17, 15) is 8.42 Å². The molecule has 0 amide bonds. The summed E-state index contributed by atoms with van der Waals surface area (Å²) in [4.78, 5) is 0.298. The summed E-state index contributed by atoms with van der Waals surface area (Å²) in [6, 6.07) is 12.8. The van der Waals surface area contributed by atoms with Crippen LogP contribution in [0.3, 0.4) is 0 Å². The zero-order chi connectivity index (χ0) is 21.7. The third-order valence-corrected chi connectivity index (χ3v) is 7.46. The average molecular weight is 430 g/mol. The second-order valence-corrected chi connectivity index (χ2v) is 10.9. The lowest BCUT2D eigenvalue weighted by molar-refractivity contribution is 0.209. The number of ether oxygens (including phenoxy) is 1. The predicted molar refractivity (Wildman–Crippen MR) is 124 cm³/mol. The number of benzene rings is 2.